The van der Waals surface area contributed by atoms with E-state index in [4.69, 9.17) is 10.5 Å². The number of nitrogens with one attached hydrogen (secondary N) is 2. The first kappa shape index (κ1) is 28.6. The number of hydrogen-bond acceptors (Lipinski definition) is 7. The zero-order valence-electron chi connectivity index (χ0n) is 22.7. The van der Waals surface area contributed by atoms with E-state index in [1.54, 1.807) is 28.8 Å². The maximum absolute atomic E-state index is 14.1. The number of amides is 2. The molecule has 1 aliphatic carbocycles. The minimum Gasteiger partial charge on any atom is -0.382 e. The van der Waals surface area contributed by atoms with Crippen molar-refractivity contribution in [3.63, 3.8) is 0 Å². The third kappa shape index (κ3) is 5.88. The van der Waals surface area contributed by atoms with Crippen LogP contribution in [0.4, 0.5) is 39.5 Å². The summed E-state index contributed by atoms with van der Waals surface area (Å²) < 4.78 is 60.4. The van der Waals surface area contributed by atoms with Gasteiger partial charge < -0.3 is 21.1 Å². The number of morpholine rings is 1. The summed E-state index contributed by atoms with van der Waals surface area (Å²) in [6, 6.07) is 7.32. The molecule has 1 aliphatic heterocycles. The fourth-order valence-electron chi connectivity index (χ4n) is 5.19. The van der Waals surface area contributed by atoms with E-state index in [1.165, 1.54) is 6.33 Å². The Morgan fingerprint density at radius 3 is 2.44 bits per heavy atom. The number of rotatable bonds is 7. The van der Waals surface area contributed by atoms with Crippen molar-refractivity contribution in [3.05, 3.63) is 71.4 Å². The first-order valence-corrected chi connectivity index (χ1v) is 13.6. The van der Waals surface area contributed by atoms with Gasteiger partial charge >= 0.3 is 12.2 Å². The van der Waals surface area contributed by atoms with E-state index in [9.17, 15) is 27.2 Å². The normalized spacial score (nSPS) is 15.9. The smallest absolute Gasteiger partial charge is 0.382 e. The highest BCUT2D eigenvalue weighted by Gasteiger charge is 2.37. The quantitative estimate of drug-likeness (QED) is 0.197. The molecule has 10 nitrogen and oxygen atoms in total. The molecule has 2 aliphatic rings. The van der Waals surface area contributed by atoms with E-state index < -0.39 is 29.3 Å². The van der Waals surface area contributed by atoms with E-state index >= 15 is 0 Å². The van der Waals surface area contributed by atoms with Crippen molar-refractivity contribution in [2.75, 3.05) is 42.7 Å². The second kappa shape index (κ2) is 11.3. The molecule has 4 N–H and O–H groups in total. The molecule has 0 spiro atoms. The van der Waals surface area contributed by atoms with E-state index in [2.05, 4.69) is 25.6 Å². The number of Topliss-reactive ketones (excluding diaryl/α,β-unsaturated/α-hetero) is 1. The molecule has 43 heavy (non-hydrogen) atoms. The number of benzene rings is 2. The monoisotopic (exact) mass is 597 g/mol. The van der Waals surface area contributed by atoms with Crippen molar-refractivity contribution < 1.29 is 31.9 Å². The number of ketones is 1. The van der Waals surface area contributed by atoms with Gasteiger partial charge in [-0.3, -0.25) is 9.69 Å². The fourth-order valence-corrected chi connectivity index (χ4v) is 5.19. The molecule has 2 amide bonds. The SMILES string of the molecule is Nc1ncnn2c(CN3CCOCC3)c(C(=O)C3CC3)c(-c3ccc(NC(=O)Nc4cc(C(F)(F)F)ccc4F)cc3)c12. The molecule has 224 valence electrons. The lowest BCUT2D eigenvalue weighted by atomic mass is 9.95. The maximum atomic E-state index is 14.1. The van der Waals surface area contributed by atoms with Gasteiger partial charge in [-0.25, -0.2) is 18.7 Å². The Balaban J connectivity index is 1.31. The first-order chi connectivity index (χ1) is 20.6. The van der Waals surface area contributed by atoms with Gasteiger partial charge in [0.2, 0.25) is 0 Å². The number of urea groups is 1. The maximum Gasteiger partial charge on any atom is 0.416 e. The third-order valence-electron chi connectivity index (χ3n) is 7.49. The number of nitrogens with two attached hydrogens (primary N) is 1. The van der Waals surface area contributed by atoms with Crippen molar-refractivity contribution in [1.82, 2.24) is 19.5 Å². The number of alkyl halides is 3. The van der Waals surface area contributed by atoms with Crippen LogP contribution < -0.4 is 16.4 Å². The number of carbonyl (C=O) groups excluding carboxylic acids is 2. The highest BCUT2D eigenvalue weighted by atomic mass is 19.4. The number of hydrogen-bond donors (Lipinski definition) is 3. The molecule has 0 atom stereocenters. The van der Waals surface area contributed by atoms with Crippen LogP contribution in [0.5, 0.6) is 0 Å². The number of anilines is 3. The fraction of sp³-hybridized carbons (Fsp3) is 0.310. The number of nitrogen functional groups attached to an aromatic ring is 1. The van der Waals surface area contributed by atoms with Crippen LogP contribution >= 0.6 is 0 Å². The van der Waals surface area contributed by atoms with Crippen molar-refractivity contribution in [2.24, 2.45) is 5.92 Å². The zero-order chi connectivity index (χ0) is 30.3. The summed E-state index contributed by atoms with van der Waals surface area (Å²) in [4.78, 5) is 32.6. The number of aromatic nitrogens is 3. The van der Waals surface area contributed by atoms with Gasteiger partial charge in [0.1, 0.15) is 17.7 Å². The van der Waals surface area contributed by atoms with Crippen molar-refractivity contribution in [2.45, 2.75) is 25.6 Å². The van der Waals surface area contributed by atoms with Gasteiger partial charge in [-0.1, -0.05) is 12.1 Å². The molecule has 3 heterocycles. The Kier molecular flexibility index (Phi) is 7.48. The summed E-state index contributed by atoms with van der Waals surface area (Å²) >= 11 is 0. The molecule has 2 aromatic heterocycles. The summed E-state index contributed by atoms with van der Waals surface area (Å²) in [5.41, 5.74) is 7.85. The van der Waals surface area contributed by atoms with Crippen LogP contribution in [0.3, 0.4) is 0 Å². The van der Waals surface area contributed by atoms with Gasteiger partial charge in [-0.2, -0.15) is 18.3 Å². The highest BCUT2D eigenvalue weighted by molar-refractivity contribution is 6.11. The predicted molar refractivity (Wildman–Crippen MR) is 150 cm³/mol. The van der Waals surface area contributed by atoms with E-state index in [-0.39, 0.29) is 23.2 Å². The van der Waals surface area contributed by atoms with Gasteiger partial charge in [-0.15, -0.1) is 0 Å². The minimum absolute atomic E-state index is 0.00727. The molecule has 2 aromatic carbocycles. The molecule has 1 saturated carbocycles. The van der Waals surface area contributed by atoms with Gasteiger partial charge in [0.05, 0.1) is 35.7 Å². The summed E-state index contributed by atoms with van der Waals surface area (Å²) in [6.45, 7) is 3.03. The summed E-state index contributed by atoms with van der Waals surface area (Å²) in [5.74, 6) is -0.894. The molecule has 14 heteroatoms. The average Bonchev–Trinajstić information content (AvgIpc) is 3.78. The molecule has 0 bridgehead atoms. The topological polar surface area (TPSA) is 127 Å². The second-order valence-corrected chi connectivity index (χ2v) is 10.5. The number of carbonyl (C=O) groups is 2. The summed E-state index contributed by atoms with van der Waals surface area (Å²) in [7, 11) is 0. The Labute approximate surface area is 242 Å². The van der Waals surface area contributed by atoms with E-state index in [0.29, 0.717) is 78.9 Å². The van der Waals surface area contributed by atoms with Crippen molar-refractivity contribution >= 4 is 34.5 Å². The third-order valence-corrected chi connectivity index (χ3v) is 7.49. The van der Waals surface area contributed by atoms with Crippen molar-refractivity contribution in [3.8, 4) is 11.1 Å². The Morgan fingerprint density at radius 2 is 1.77 bits per heavy atom. The van der Waals surface area contributed by atoms with Gasteiger partial charge in [0.15, 0.2) is 11.6 Å². The van der Waals surface area contributed by atoms with Gasteiger partial charge in [0.25, 0.3) is 0 Å². The Morgan fingerprint density at radius 1 is 1.05 bits per heavy atom. The summed E-state index contributed by atoms with van der Waals surface area (Å²) in [5, 5.41) is 9.06. The van der Waals surface area contributed by atoms with Gasteiger partial charge in [0, 0.05) is 36.8 Å². The minimum atomic E-state index is -4.70. The van der Waals surface area contributed by atoms with Crippen LogP contribution in [0.25, 0.3) is 16.6 Å². The predicted octanol–water partition coefficient (Wildman–Crippen LogP) is 5.21. The van der Waals surface area contributed by atoms with Crippen LogP contribution in [-0.2, 0) is 17.5 Å². The molecule has 6 rings (SSSR count). The Bertz CT molecular complexity index is 1700. The van der Waals surface area contributed by atoms with Crippen LogP contribution in [0.15, 0.2) is 48.8 Å². The first-order valence-electron chi connectivity index (χ1n) is 13.6. The number of ether oxygens (including phenoxy) is 1. The summed E-state index contributed by atoms with van der Waals surface area (Å²) in [6.07, 6.45) is -1.75. The lowest BCUT2D eigenvalue weighted by Crippen LogP contribution is -2.36. The van der Waals surface area contributed by atoms with E-state index in [1.807, 2.05) is 0 Å². The Hall–Kier alpha value is -4.56. The molecule has 1 saturated heterocycles. The van der Waals surface area contributed by atoms with Crippen LogP contribution in [0.1, 0.15) is 34.5 Å². The highest BCUT2D eigenvalue weighted by Crippen LogP contribution is 2.42. The number of fused-ring (bicyclic) bond motifs is 1. The van der Waals surface area contributed by atoms with Crippen LogP contribution in [-0.4, -0.2) is 57.6 Å². The van der Waals surface area contributed by atoms with Crippen LogP contribution in [0, 0.1) is 11.7 Å². The lowest BCUT2D eigenvalue weighted by molar-refractivity contribution is -0.137. The van der Waals surface area contributed by atoms with Gasteiger partial charge in [-0.05, 0) is 48.7 Å². The average molecular weight is 598 g/mol. The van der Waals surface area contributed by atoms with Crippen LogP contribution in [0.2, 0.25) is 0 Å². The molecule has 2 fully saturated rings. The van der Waals surface area contributed by atoms with Crippen molar-refractivity contribution in [1.29, 1.82) is 0 Å². The number of nitrogens with zero attached hydrogens (tertiary/aromatic N) is 4. The molecular formula is C29H27F4N7O3. The largest absolute Gasteiger partial charge is 0.416 e. The molecule has 0 radical (unpaired) electrons. The molecular weight excluding hydrogens is 570 g/mol. The molecule has 0 unspecified atom stereocenters. The van der Waals surface area contributed by atoms with E-state index in [0.717, 1.165) is 12.8 Å². The zero-order valence-corrected chi connectivity index (χ0v) is 22.7. The molecule has 4 aromatic rings. The second-order valence-electron chi connectivity index (χ2n) is 10.5. The number of halogens is 4. The standard InChI is InChI=1S/C29H27F4N7O3/c30-20-8-5-18(29(31,32)33)13-21(20)38-28(42)37-19-6-3-16(4-7-19)23-24(26(41)17-1-2-17)22(14-39-9-11-43-12-10-39)40-25(23)27(34)35-15-36-40/h3-8,13,15,17H,1-2,9-12,14H2,(H2,34,35,36)(H2,37,38,42). The lowest BCUT2D eigenvalue weighted by Gasteiger charge is -2.26.